The summed E-state index contributed by atoms with van der Waals surface area (Å²) in [6.45, 7) is 4.20. The molecule has 0 spiro atoms. The maximum absolute atomic E-state index is 12.4. The van der Waals surface area contributed by atoms with E-state index < -0.39 is 6.10 Å². The lowest BCUT2D eigenvalue weighted by atomic mass is 10.0. The fourth-order valence-electron chi connectivity index (χ4n) is 11.1. The van der Waals surface area contributed by atoms with Gasteiger partial charge in [0.25, 0.3) is 0 Å². The first-order valence-electron chi connectivity index (χ1n) is 35.5. The molecule has 0 aliphatic rings. The van der Waals surface area contributed by atoms with Crippen molar-refractivity contribution < 1.29 is 24.2 Å². The normalized spacial score (nSPS) is 12.3. The third kappa shape index (κ3) is 66.6. The number of aliphatic hydroxyl groups is 1. The van der Waals surface area contributed by atoms with Crippen LogP contribution in [-0.4, -0.2) is 36.4 Å². The topological polar surface area (TPSA) is 72.8 Å². The number of esters is 2. The largest absolute Gasteiger partial charge is 0.462 e. The zero-order valence-electron chi connectivity index (χ0n) is 53.0. The molecule has 0 aromatic heterocycles. The molecule has 5 nitrogen and oxygen atoms in total. The van der Waals surface area contributed by atoms with Gasteiger partial charge in [-0.05, 0) is 51.4 Å². The third-order valence-electron chi connectivity index (χ3n) is 16.4. The molecule has 0 bridgehead atoms. The summed E-state index contributed by atoms with van der Waals surface area (Å²) < 4.78 is 10.8. The first-order valence-corrected chi connectivity index (χ1v) is 35.5. The molecule has 1 unspecified atom stereocenters. The van der Waals surface area contributed by atoms with Gasteiger partial charge in [0.2, 0.25) is 0 Å². The lowest BCUT2D eigenvalue weighted by Crippen LogP contribution is -2.28. The van der Waals surface area contributed by atoms with Crippen LogP contribution >= 0.6 is 0 Å². The molecule has 0 aliphatic heterocycles. The second-order valence-electron chi connectivity index (χ2n) is 24.3. The highest BCUT2D eigenvalue weighted by Gasteiger charge is 2.16. The lowest BCUT2D eigenvalue weighted by molar-refractivity contribution is -0.161. The second-order valence-corrected chi connectivity index (χ2v) is 24.3. The number of carbonyl (C=O) groups excluding carboxylic acids is 2. The van der Waals surface area contributed by atoms with Crippen molar-refractivity contribution in [2.75, 3.05) is 13.2 Å². The monoisotopic (exact) mass is 1100 g/mol. The highest BCUT2D eigenvalue weighted by Crippen LogP contribution is 2.19. The molecule has 460 valence electrons. The Morgan fingerprint density at radius 2 is 0.513 bits per heavy atom. The van der Waals surface area contributed by atoms with Crippen molar-refractivity contribution in [1.82, 2.24) is 0 Å². The van der Waals surface area contributed by atoms with Crippen molar-refractivity contribution in [3.8, 4) is 0 Å². The summed E-state index contributed by atoms with van der Waals surface area (Å²) in [5.74, 6) is -0.565. The van der Waals surface area contributed by atoms with Crippen LogP contribution in [0.15, 0.2) is 36.5 Å². The standard InChI is InChI=1S/C73H138O5/c1-3-5-7-9-11-13-15-17-19-21-23-25-27-29-31-33-35-36-38-40-42-44-46-48-50-52-54-56-58-60-62-64-66-68-73(76)78-71(69-74)70-77-72(75)67-65-63-61-59-57-55-53-51-49-47-45-43-41-39-37-34-32-30-28-26-24-22-20-18-16-14-12-10-8-6-4-2/h15,17,21,23,27,29,71,74H,3-14,16,18-20,22,24-26,28,30-70H2,1-2H3/b17-15-,23-21-,29-27-. The van der Waals surface area contributed by atoms with Crippen molar-refractivity contribution in [3.63, 3.8) is 0 Å². The van der Waals surface area contributed by atoms with E-state index in [9.17, 15) is 14.7 Å². The Morgan fingerprint density at radius 3 is 0.769 bits per heavy atom. The highest BCUT2D eigenvalue weighted by molar-refractivity contribution is 5.70. The van der Waals surface area contributed by atoms with Crippen LogP contribution in [0.2, 0.25) is 0 Å². The molecule has 0 aliphatic carbocycles. The average Bonchev–Trinajstić information content (AvgIpc) is 3.44. The molecule has 0 saturated heterocycles. The van der Waals surface area contributed by atoms with Crippen LogP contribution in [0.4, 0.5) is 0 Å². The lowest BCUT2D eigenvalue weighted by Gasteiger charge is -2.15. The molecule has 5 heteroatoms. The van der Waals surface area contributed by atoms with Gasteiger partial charge < -0.3 is 14.6 Å². The summed E-state index contributed by atoms with van der Waals surface area (Å²) in [6.07, 6.45) is 91.9. The SMILES string of the molecule is CCCCCCC/C=C\C/C=C\C/C=C\CCCCCCCCCCCCCCCCCCCCC(=O)OC(CO)COC(=O)CCCCCCCCCCCCCCCCCCCCCCCCCCCCCCCCC. The summed E-state index contributed by atoms with van der Waals surface area (Å²) in [7, 11) is 0. The predicted molar refractivity (Wildman–Crippen MR) is 344 cm³/mol. The van der Waals surface area contributed by atoms with Crippen LogP contribution in [0, 0.1) is 0 Å². The fraction of sp³-hybridized carbons (Fsp3) is 0.890. The van der Waals surface area contributed by atoms with Crippen molar-refractivity contribution in [2.24, 2.45) is 0 Å². The number of allylic oxidation sites excluding steroid dienone is 6. The number of unbranched alkanes of at least 4 members (excludes halogenated alkanes) is 53. The van der Waals surface area contributed by atoms with E-state index in [1.165, 1.54) is 327 Å². The summed E-state index contributed by atoms with van der Waals surface area (Å²) in [4.78, 5) is 24.7. The maximum atomic E-state index is 12.4. The van der Waals surface area contributed by atoms with Gasteiger partial charge in [-0.25, -0.2) is 0 Å². The Hall–Kier alpha value is -1.88. The minimum atomic E-state index is -0.770. The molecule has 0 heterocycles. The van der Waals surface area contributed by atoms with E-state index in [4.69, 9.17) is 9.47 Å². The molecule has 0 aromatic rings. The van der Waals surface area contributed by atoms with Gasteiger partial charge in [0.1, 0.15) is 6.61 Å². The zero-order chi connectivity index (χ0) is 56.2. The van der Waals surface area contributed by atoms with Gasteiger partial charge in [-0.1, -0.05) is 371 Å². The Bertz CT molecular complexity index is 1240. The summed E-state index contributed by atoms with van der Waals surface area (Å²) >= 11 is 0. The summed E-state index contributed by atoms with van der Waals surface area (Å²) in [5, 5.41) is 9.70. The van der Waals surface area contributed by atoms with E-state index in [1.807, 2.05) is 0 Å². The van der Waals surface area contributed by atoms with Crippen LogP contribution in [0.25, 0.3) is 0 Å². The molecule has 0 amide bonds. The molecule has 0 aromatic carbocycles. The zero-order valence-corrected chi connectivity index (χ0v) is 53.0. The molecular formula is C73H138O5. The highest BCUT2D eigenvalue weighted by atomic mass is 16.6. The number of carbonyl (C=O) groups is 2. The van der Waals surface area contributed by atoms with E-state index >= 15 is 0 Å². The molecule has 0 fully saturated rings. The number of hydrogen-bond donors (Lipinski definition) is 1. The van der Waals surface area contributed by atoms with Crippen LogP contribution < -0.4 is 0 Å². The number of rotatable bonds is 67. The van der Waals surface area contributed by atoms with E-state index in [0.717, 1.165) is 44.9 Å². The molecule has 0 radical (unpaired) electrons. The molecule has 78 heavy (non-hydrogen) atoms. The van der Waals surface area contributed by atoms with Gasteiger partial charge in [-0.3, -0.25) is 9.59 Å². The van der Waals surface area contributed by atoms with Gasteiger partial charge in [0.15, 0.2) is 6.10 Å². The van der Waals surface area contributed by atoms with Gasteiger partial charge in [0.05, 0.1) is 6.61 Å². The summed E-state index contributed by atoms with van der Waals surface area (Å²) in [5.41, 5.74) is 0. The summed E-state index contributed by atoms with van der Waals surface area (Å²) in [6, 6.07) is 0. The van der Waals surface area contributed by atoms with Crippen LogP contribution in [0.3, 0.4) is 0 Å². The number of aliphatic hydroxyl groups excluding tert-OH is 1. The first-order chi connectivity index (χ1) is 38.6. The van der Waals surface area contributed by atoms with E-state index in [1.54, 1.807) is 0 Å². The Kier molecular flexibility index (Phi) is 67.7. The van der Waals surface area contributed by atoms with Crippen LogP contribution in [-0.2, 0) is 19.1 Å². The maximum Gasteiger partial charge on any atom is 0.306 e. The van der Waals surface area contributed by atoms with Crippen molar-refractivity contribution in [1.29, 1.82) is 0 Å². The first kappa shape index (κ1) is 76.1. The quantitative estimate of drug-likeness (QED) is 0.0373. The molecule has 1 N–H and O–H groups in total. The predicted octanol–water partition coefficient (Wildman–Crippen LogP) is 24.5. The molecule has 0 saturated carbocycles. The van der Waals surface area contributed by atoms with Crippen LogP contribution in [0.1, 0.15) is 399 Å². The molecule has 1 atom stereocenters. The second kappa shape index (κ2) is 69.4. The minimum Gasteiger partial charge on any atom is -0.462 e. The smallest absolute Gasteiger partial charge is 0.306 e. The van der Waals surface area contributed by atoms with E-state index in [-0.39, 0.29) is 25.2 Å². The van der Waals surface area contributed by atoms with Gasteiger partial charge >= 0.3 is 11.9 Å². The van der Waals surface area contributed by atoms with Gasteiger partial charge in [-0.2, -0.15) is 0 Å². The average molecular weight is 1100 g/mol. The number of hydrogen-bond acceptors (Lipinski definition) is 5. The van der Waals surface area contributed by atoms with Gasteiger partial charge in [-0.15, -0.1) is 0 Å². The molecular weight excluding hydrogens is 957 g/mol. The van der Waals surface area contributed by atoms with Crippen molar-refractivity contribution >= 4 is 11.9 Å². The molecule has 0 rings (SSSR count). The Labute approximate surface area is 488 Å². The minimum absolute atomic E-state index is 0.0590. The van der Waals surface area contributed by atoms with Crippen LogP contribution in [0.5, 0.6) is 0 Å². The number of ether oxygens (including phenoxy) is 2. The van der Waals surface area contributed by atoms with E-state index in [2.05, 4.69) is 50.3 Å². The van der Waals surface area contributed by atoms with Crippen molar-refractivity contribution in [3.05, 3.63) is 36.5 Å². The Balaban J connectivity index is 3.39. The Morgan fingerprint density at radius 1 is 0.295 bits per heavy atom. The van der Waals surface area contributed by atoms with E-state index in [0.29, 0.717) is 12.8 Å². The third-order valence-corrected chi connectivity index (χ3v) is 16.4. The van der Waals surface area contributed by atoms with Gasteiger partial charge in [0, 0.05) is 12.8 Å². The van der Waals surface area contributed by atoms with Crippen molar-refractivity contribution in [2.45, 2.75) is 405 Å². The fourth-order valence-corrected chi connectivity index (χ4v) is 11.1.